The molecule has 0 amide bonds. The third kappa shape index (κ3) is 5.88. The van der Waals surface area contributed by atoms with Crippen molar-refractivity contribution in [1.82, 2.24) is 0 Å². The van der Waals surface area contributed by atoms with Crippen molar-refractivity contribution in [3.63, 3.8) is 0 Å². The lowest BCUT2D eigenvalue weighted by atomic mass is 9.68. The second-order valence-electron chi connectivity index (χ2n) is 15.1. The Morgan fingerprint density at radius 2 is 0.778 bits per heavy atom. The second-order valence-corrected chi connectivity index (χ2v) is 15.1. The van der Waals surface area contributed by atoms with E-state index in [2.05, 4.69) is 41.5 Å². The van der Waals surface area contributed by atoms with Crippen molar-refractivity contribution in [3.05, 3.63) is 0 Å². The van der Waals surface area contributed by atoms with Crippen LogP contribution in [-0.2, 0) is 0 Å². The first-order valence-corrected chi connectivity index (χ1v) is 15.3. The zero-order valence-corrected chi connectivity index (χ0v) is 24.2. The molecule has 5 rings (SSSR count). The summed E-state index contributed by atoms with van der Waals surface area (Å²) < 4.78 is 0. The van der Waals surface area contributed by atoms with E-state index in [0.717, 1.165) is 24.7 Å². The molecule has 0 aromatic heterocycles. The lowest BCUT2D eigenvalue weighted by molar-refractivity contribution is 0.166. The van der Waals surface area contributed by atoms with Crippen LogP contribution in [0.2, 0.25) is 0 Å². The fraction of sp³-hybridized carbons (Fsp3) is 0.875. The minimum atomic E-state index is 0.444. The molecule has 3 aliphatic carbocycles. The van der Waals surface area contributed by atoms with E-state index >= 15 is 0 Å². The highest BCUT2D eigenvalue weighted by Crippen LogP contribution is 2.43. The van der Waals surface area contributed by atoms with Crippen LogP contribution < -0.4 is 0 Å². The van der Waals surface area contributed by atoms with E-state index in [1.807, 2.05) is 0 Å². The van der Waals surface area contributed by atoms with E-state index in [0.29, 0.717) is 34.5 Å². The molecule has 2 aliphatic heterocycles. The van der Waals surface area contributed by atoms with Gasteiger partial charge in [0.2, 0.25) is 0 Å². The third-order valence-corrected chi connectivity index (χ3v) is 10.8. The van der Waals surface area contributed by atoms with Gasteiger partial charge in [-0.05, 0) is 105 Å². The first-order valence-electron chi connectivity index (χ1n) is 15.3. The molecule has 200 valence electrons. The average Bonchev–Trinajstić information content (AvgIpc) is 3.54. The fourth-order valence-electron chi connectivity index (χ4n) is 8.05. The van der Waals surface area contributed by atoms with Gasteiger partial charge in [0.05, 0.1) is 0 Å². The molecule has 0 aromatic carbocycles. The normalized spacial score (nSPS) is 36.3. The van der Waals surface area contributed by atoms with Gasteiger partial charge in [0.15, 0.2) is 0 Å². The molecule has 0 aromatic rings. The van der Waals surface area contributed by atoms with Crippen molar-refractivity contribution in [2.75, 3.05) is 0 Å². The minimum absolute atomic E-state index is 0.444. The van der Waals surface area contributed by atoms with E-state index in [4.69, 9.17) is 20.4 Å². The van der Waals surface area contributed by atoms with Crippen LogP contribution in [0.3, 0.4) is 0 Å². The standard InChI is InChI=1S/C32H52N4/c1-31(2,3)25-14-10-21(11-15-25)27-19-29(35-33-27)23-8-7-9-24(18-23)30-20-28(34-36-30)22-12-16-26(17-13-22)32(4,5)6/h21-26H,7-20H2,1-6H3. The van der Waals surface area contributed by atoms with Gasteiger partial charge in [-0.3, -0.25) is 0 Å². The summed E-state index contributed by atoms with van der Waals surface area (Å²) in [5.41, 5.74) is 6.45. The molecule has 3 saturated carbocycles. The summed E-state index contributed by atoms with van der Waals surface area (Å²) in [5.74, 6) is 4.28. The predicted molar refractivity (Wildman–Crippen MR) is 154 cm³/mol. The summed E-state index contributed by atoms with van der Waals surface area (Å²) in [5, 5.41) is 19.1. The fourth-order valence-corrected chi connectivity index (χ4v) is 8.05. The predicted octanol–water partition coefficient (Wildman–Crippen LogP) is 8.90. The lowest BCUT2D eigenvalue weighted by Crippen LogP contribution is -2.31. The number of nitrogens with zero attached hydrogens (tertiary/aromatic N) is 4. The number of hydrogen-bond acceptors (Lipinski definition) is 4. The SMILES string of the molecule is CC(C)(C)C1CCC(C2=NN=C(C3CCCC(C4=NN=C(C5CCC(C(C)(C)C)CC5)C4)C3)C2)CC1. The summed E-state index contributed by atoms with van der Waals surface area (Å²) in [6, 6.07) is 0. The summed E-state index contributed by atoms with van der Waals surface area (Å²) in [6.07, 6.45) is 17.8. The van der Waals surface area contributed by atoms with E-state index in [-0.39, 0.29) is 0 Å². The molecule has 4 heteroatoms. The minimum Gasteiger partial charge on any atom is -0.159 e. The molecular formula is C32H52N4. The van der Waals surface area contributed by atoms with Gasteiger partial charge in [-0.25, -0.2) is 0 Å². The van der Waals surface area contributed by atoms with Crippen LogP contribution in [0, 0.1) is 46.3 Å². The molecule has 2 unspecified atom stereocenters. The molecule has 36 heavy (non-hydrogen) atoms. The molecule has 0 spiro atoms. The Balaban J connectivity index is 1.08. The maximum Gasteiger partial charge on any atom is 0.0493 e. The van der Waals surface area contributed by atoms with Crippen molar-refractivity contribution >= 4 is 22.8 Å². The molecule has 2 atom stereocenters. The Morgan fingerprint density at radius 3 is 1.11 bits per heavy atom. The first-order chi connectivity index (χ1) is 17.1. The zero-order chi connectivity index (χ0) is 25.5. The van der Waals surface area contributed by atoms with Crippen LogP contribution in [0.5, 0.6) is 0 Å². The zero-order valence-electron chi connectivity index (χ0n) is 24.2. The Bertz CT molecular complexity index is 835. The highest BCUT2D eigenvalue weighted by atomic mass is 15.2. The van der Waals surface area contributed by atoms with Gasteiger partial charge in [-0.15, -0.1) is 0 Å². The average molecular weight is 493 g/mol. The Kier molecular flexibility index (Phi) is 7.63. The smallest absolute Gasteiger partial charge is 0.0493 e. The Hall–Kier alpha value is -1.32. The van der Waals surface area contributed by atoms with Crippen LogP contribution >= 0.6 is 0 Å². The third-order valence-electron chi connectivity index (χ3n) is 10.8. The molecule has 3 fully saturated rings. The van der Waals surface area contributed by atoms with Crippen molar-refractivity contribution in [3.8, 4) is 0 Å². The van der Waals surface area contributed by atoms with Crippen LogP contribution in [0.15, 0.2) is 20.4 Å². The monoisotopic (exact) mass is 492 g/mol. The van der Waals surface area contributed by atoms with Crippen LogP contribution in [0.4, 0.5) is 0 Å². The molecule has 0 bridgehead atoms. The largest absolute Gasteiger partial charge is 0.159 e. The van der Waals surface area contributed by atoms with Crippen molar-refractivity contribution in [2.24, 2.45) is 66.7 Å². The molecule has 0 N–H and O–H groups in total. The van der Waals surface area contributed by atoms with Gasteiger partial charge in [-0.2, -0.15) is 20.4 Å². The van der Waals surface area contributed by atoms with E-state index in [1.54, 1.807) is 0 Å². The summed E-state index contributed by atoms with van der Waals surface area (Å²) in [7, 11) is 0. The highest BCUT2D eigenvalue weighted by molar-refractivity contribution is 6.11. The van der Waals surface area contributed by atoms with E-state index in [9.17, 15) is 0 Å². The highest BCUT2D eigenvalue weighted by Gasteiger charge is 2.37. The maximum atomic E-state index is 4.80. The van der Waals surface area contributed by atoms with E-state index in [1.165, 1.54) is 99.9 Å². The summed E-state index contributed by atoms with van der Waals surface area (Å²) in [6.45, 7) is 14.5. The Labute approximate surface area is 221 Å². The second kappa shape index (κ2) is 10.4. The number of rotatable bonds is 4. The van der Waals surface area contributed by atoms with Gasteiger partial charge in [0, 0.05) is 47.5 Å². The van der Waals surface area contributed by atoms with Gasteiger partial charge in [-0.1, -0.05) is 48.0 Å². The molecule has 2 heterocycles. The van der Waals surface area contributed by atoms with Crippen molar-refractivity contribution in [2.45, 2.75) is 131 Å². The van der Waals surface area contributed by atoms with Crippen LogP contribution in [-0.4, -0.2) is 22.8 Å². The molecule has 5 aliphatic rings. The summed E-state index contributed by atoms with van der Waals surface area (Å²) in [4.78, 5) is 0. The molecule has 0 radical (unpaired) electrons. The van der Waals surface area contributed by atoms with Gasteiger partial charge < -0.3 is 0 Å². The van der Waals surface area contributed by atoms with Gasteiger partial charge >= 0.3 is 0 Å². The van der Waals surface area contributed by atoms with Crippen LogP contribution in [0.25, 0.3) is 0 Å². The first kappa shape index (κ1) is 26.3. The van der Waals surface area contributed by atoms with Crippen molar-refractivity contribution in [1.29, 1.82) is 0 Å². The maximum absolute atomic E-state index is 4.80. The number of hydrogen-bond donors (Lipinski definition) is 0. The van der Waals surface area contributed by atoms with Gasteiger partial charge in [0.1, 0.15) is 0 Å². The summed E-state index contributed by atoms with van der Waals surface area (Å²) >= 11 is 0. The van der Waals surface area contributed by atoms with Gasteiger partial charge in [0.25, 0.3) is 0 Å². The quantitative estimate of drug-likeness (QED) is 0.376. The molecule has 4 nitrogen and oxygen atoms in total. The van der Waals surface area contributed by atoms with Crippen molar-refractivity contribution < 1.29 is 0 Å². The topological polar surface area (TPSA) is 49.4 Å². The molecule has 0 saturated heterocycles. The lowest BCUT2D eigenvalue weighted by Gasteiger charge is -2.37. The van der Waals surface area contributed by atoms with Crippen LogP contribution in [0.1, 0.15) is 131 Å². The Morgan fingerprint density at radius 1 is 0.444 bits per heavy atom. The van der Waals surface area contributed by atoms with E-state index < -0.39 is 0 Å². The molecular weight excluding hydrogens is 440 g/mol.